The second kappa shape index (κ2) is 5.88. The van der Waals surface area contributed by atoms with E-state index < -0.39 is 0 Å². The molecule has 0 amide bonds. The van der Waals surface area contributed by atoms with Crippen molar-refractivity contribution in [1.82, 2.24) is 0 Å². The van der Waals surface area contributed by atoms with Crippen LogP contribution in [0.1, 0.15) is 17.5 Å². The molecule has 1 atom stereocenters. The van der Waals surface area contributed by atoms with Gasteiger partial charge in [0.2, 0.25) is 0 Å². The van der Waals surface area contributed by atoms with Gasteiger partial charge in [-0.15, -0.1) is 0 Å². The lowest BCUT2D eigenvalue weighted by Crippen LogP contribution is -2.23. The number of rotatable bonds is 3. The van der Waals surface area contributed by atoms with Crippen molar-refractivity contribution >= 4 is 11.4 Å². The molecule has 1 aliphatic rings. The molecule has 3 nitrogen and oxygen atoms in total. The molecule has 102 valence electrons. The van der Waals surface area contributed by atoms with Gasteiger partial charge in [0.15, 0.2) is 0 Å². The lowest BCUT2D eigenvalue weighted by atomic mass is 10.0. The minimum Gasteiger partial charge on any atom is -0.396 e. The average molecular weight is 266 g/mol. The fraction of sp³-hybridized carbons (Fsp3) is 0.235. The summed E-state index contributed by atoms with van der Waals surface area (Å²) in [6, 6.07) is 18.7. The second-order valence-corrected chi connectivity index (χ2v) is 4.95. The topological polar surface area (TPSA) is 44.6 Å². The number of para-hydroxylation sites is 1. The Labute approximate surface area is 119 Å². The lowest BCUT2D eigenvalue weighted by molar-refractivity contribution is 0.280. The Kier molecular flexibility index (Phi) is 3.79. The quantitative estimate of drug-likeness (QED) is 0.897. The van der Waals surface area contributed by atoms with Crippen LogP contribution in [0.4, 0.5) is 5.69 Å². The van der Waals surface area contributed by atoms with Crippen molar-refractivity contribution in [3.63, 3.8) is 0 Å². The SMILES string of the molecule is OCCC1CN=C(c2ccccc2)c2ccccc2N1. The van der Waals surface area contributed by atoms with E-state index in [2.05, 4.69) is 29.6 Å². The predicted octanol–water partition coefficient (Wildman–Crippen LogP) is 2.70. The monoisotopic (exact) mass is 266 g/mol. The Morgan fingerprint density at radius 3 is 2.60 bits per heavy atom. The fourth-order valence-corrected chi connectivity index (χ4v) is 2.53. The number of fused-ring (bicyclic) bond motifs is 1. The molecule has 3 rings (SSSR count). The van der Waals surface area contributed by atoms with Gasteiger partial charge in [-0.05, 0) is 12.5 Å². The summed E-state index contributed by atoms with van der Waals surface area (Å²) in [7, 11) is 0. The number of aliphatic imine (C=N–C) groups is 1. The molecular formula is C17H18N2O. The van der Waals surface area contributed by atoms with Crippen molar-refractivity contribution in [2.24, 2.45) is 4.99 Å². The summed E-state index contributed by atoms with van der Waals surface area (Å²) in [5.41, 5.74) is 4.37. The number of hydrogen-bond acceptors (Lipinski definition) is 3. The summed E-state index contributed by atoms with van der Waals surface area (Å²) in [6.45, 7) is 0.857. The zero-order chi connectivity index (χ0) is 13.8. The molecule has 2 aromatic rings. The highest BCUT2D eigenvalue weighted by atomic mass is 16.3. The first kappa shape index (κ1) is 12.9. The summed E-state index contributed by atoms with van der Waals surface area (Å²) in [5.74, 6) is 0. The van der Waals surface area contributed by atoms with Crippen LogP contribution in [0.25, 0.3) is 0 Å². The van der Waals surface area contributed by atoms with Gasteiger partial charge in [0.25, 0.3) is 0 Å². The van der Waals surface area contributed by atoms with Gasteiger partial charge in [-0.3, -0.25) is 4.99 Å². The first-order chi connectivity index (χ1) is 9.88. The highest BCUT2D eigenvalue weighted by Crippen LogP contribution is 2.24. The first-order valence-electron chi connectivity index (χ1n) is 6.95. The number of anilines is 1. The van der Waals surface area contributed by atoms with E-state index >= 15 is 0 Å². The molecule has 2 aromatic carbocycles. The Morgan fingerprint density at radius 1 is 1.05 bits per heavy atom. The maximum absolute atomic E-state index is 9.15. The number of benzodiazepines with no additional fused rings is 1. The average Bonchev–Trinajstić information content (AvgIpc) is 2.68. The molecule has 1 unspecified atom stereocenters. The zero-order valence-corrected chi connectivity index (χ0v) is 11.3. The van der Waals surface area contributed by atoms with Crippen LogP contribution in [-0.2, 0) is 0 Å². The lowest BCUT2D eigenvalue weighted by Gasteiger charge is -2.16. The van der Waals surface area contributed by atoms with Crippen molar-refractivity contribution in [2.75, 3.05) is 18.5 Å². The maximum Gasteiger partial charge on any atom is 0.0740 e. The van der Waals surface area contributed by atoms with Crippen molar-refractivity contribution in [3.05, 3.63) is 65.7 Å². The van der Waals surface area contributed by atoms with Crippen LogP contribution in [0.3, 0.4) is 0 Å². The van der Waals surface area contributed by atoms with E-state index in [1.807, 2.05) is 30.3 Å². The van der Waals surface area contributed by atoms with E-state index in [0.717, 1.165) is 22.5 Å². The number of nitrogens with zero attached hydrogens (tertiary/aromatic N) is 1. The first-order valence-corrected chi connectivity index (χ1v) is 6.95. The fourth-order valence-electron chi connectivity index (χ4n) is 2.53. The van der Waals surface area contributed by atoms with Gasteiger partial charge in [0, 0.05) is 29.5 Å². The second-order valence-electron chi connectivity index (χ2n) is 4.95. The van der Waals surface area contributed by atoms with Gasteiger partial charge in [0.1, 0.15) is 0 Å². The largest absolute Gasteiger partial charge is 0.396 e. The normalized spacial score (nSPS) is 17.6. The molecule has 0 saturated carbocycles. The van der Waals surface area contributed by atoms with Crippen LogP contribution >= 0.6 is 0 Å². The third-order valence-corrected chi connectivity index (χ3v) is 3.54. The van der Waals surface area contributed by atoms with E-state index in [1.54, 1.807) is 0 Å². The number of aliphatic hydroxyl groups excluding tert-OH is 1. The predicted molar refractivity (Wildman–Crippen MR) is 82.5 cm³/mol. The molecule has 0 aromatic heterocycles. The van der Waals surface area contributed by atoms with Crippen LogP contribution in [0.5, 0.6) is 0 Å². The van der Waals surface area contributed by atoms with Crippen LogP contribution < -0.4 is 5.32 Å². The smallest absolute Gasteiger partial charge is 0.0740 e. The Balaban J connectivity index is 2.05. The third-order valence-electron chi connectivity index (χ3n) is 3.54. The number of nitrogens with one attached hydrogen (secondary N) is 1. The van der Waals surface area contributed by atoms with E-state index in [9.17, 15) is 0 Å². The molecule has 0 saturated heterocycles. The van der Waals surface area contributed by atoms with Gasteiger partial charge in [0.05, 0.1) is 12.3 Å². The van der Waals surface area contributed by atoms with Gasteiger partial charge < -0.3 is 10.4 Å². The Hall–Kier alpha value is -2.13. The minimum atomic E-state index is 0.177. The van der Waals surface area contributed by atoms with Gasteiger partial charge in [-0.1, -0.05) is 48.5 Å². The van der Waals surface area contributed by atoms with Crippen LogP contribution in [0, 0.1) is 0 Å². The van der Waals surface area contributed by atoms with E-state index in [-0.39, 0.29) is 12.6 Å². The minimum absolute atomic E-state index is 0.177. The van der Waals surface area contributed by atoms with Crippen LogP contribution in [-0.4, -0.2) is 30.0 Å². The Bertz CT molecular complexity index is 607. The molecule has 1 aliphatic heterocycles. The summed E-state index contributed by atoms with van der Waals surface area (Å²) >= 11 is 0. The summed E-state index contributed by atoms with van der Waals surface area (Å²) in [6.07, 6.45) is 0.708. The summed E-state index contributed by atoms with van der Waals surface area (Å²) in [5, 5.41) is 12.6. The summed E-state index contributed by atoms with van der Waals surface area (Å²) in [4.78, 5) is 4.78. The molecule has 0 fully saturated rings. The van der Waals surface area contributed by atoms with Crippen LogP contribution in [0.15, 0.2) is 59.6 Å². The highest BCUT2D eigenvalue weighted by molar-refractivity contribution is 6.16. The standard InChI is InChI=1S/C17H18N2O/c20-11-10-14-12-18-17(13-6-2-1-3-7-13)15-8-4-5-9-16(15)19-14/h1-9,14,19-20H,10-12H2. The number of benzene rings is 2. The molecule has 20 heavy (non-hydrogen) atoms. The molecule has 0 radical (unpaired) electrons. The van der Waals surface area contributed by atoms with E-state index in [4.69, 9.17) is 10.1 Å². The molecule has 1 heterocycles. The maximum atomic E-state index is 9.15. The van der Waals surface area contributed by atoms with E-state index in [1.165, 1.54) is 0 Å². The van der Waals surface area contributed by atoms with E-state index in [0.29, 0.717) is 13.0 Å². The number of hydrogen-bond donors (Lipinski definition) is 2. The molecule has 3 heteroatoms. The number of aliphatic hydroxyl groups is 1. The molecule has 0 bridgehead atoms. The van der Waals surface area contributed by atoms with Gasteiger partial charge in [-0.25, -0.2) is 0 Å². The molecular weight excluding hydrogens is 248 g/mol. The molecule has 2 N–H and O–H groups in total. The Morgan fingerprint density at radius 2 is 1.80 bits per heavy atom. The molecule has 0 spiro atoms. The third kappa shape index (κ3) is 2.58. The highest BCUT2D eigenvalue weighted by Gasteiger charge is 2.18. The zero-order valence-electron chi connectivity index (χ0n) is 11.3. The van der Waals surface area contributed by atoms with Crippen molar-refractivity contribution in [2.45, 2.75) is 12.5 Å². The van der Waals surface area contributed by atoms with Crippen molar-refractivity contribution in [1.29, 1.82) is 0 Å². The van der Waals surface area contributed by atoms with Crippen molar-refractivity contribution < 1.29 is 5.11 Å². The van der Waals surface area contributed by atoms with Gasteiger partial charge in [-0.2, -0.15) is 0 Å². The van der Waals surface area contributed by atoms with Crippen molar-refractivity contribution in [3.8, 4) is 0 Å². The van der Waals surface area contributed by atoms with Gasteiger partial charge >= 0.3 is 0 Å². The summed E-state index contributed by atoms with van der Waals surface area (Å²) < 4.78 is 0. The molecule has 0 aliphatic carbocycles. The van der Waals surface area contributed by atoms with Crippen LogP contribution in [0.2, 0.25) is 0 Å².